The van der Waals surface area contributed by atoms with Crippen molar-refractivity contribution >= 4 is 5.82 Å². The molecule has 0 amide bonds. The summed E-state index contributed by atoms with van der Waals surface area (Å²) in [6, 6.07) is 25.7. The van der Waals surface area contributed by atoms with Gasteiger partial charge < -0.3 is 5.32 Å². The predicted molar refractivity (Wildman–Crippen MR) is 85.1 cm³/mol. The molecule has 106 valence electrons. The summed E-state index contributed by atoms with van der Waals surface area (Å²) in [5.41, 5.74) is 2.58. The van der Waals surface area contributed by atoms with E-state index < -0.39 is 0 Å². The molecule has 0 aliphatic heterocycles. The van der Waals surface area contributed by atoms with Gasteiger partial charge in [-0.2, -0.15) is 5.26 Å². The number of nitrogens with zero attached hydrogens (tertiary/aromatic N) is 3. The molecule has 1 N–H and O–H groups in total. The van der Waals surface area contributed by atoms with Crippen molar-refractivity contribution in [2.45, 2.75) is 6.04 Å². The highest BCUT2D eigenvalue weighted by Gasteiger charge is 2.14. The van der Waals surface area contributed by atoms with E-state index in [1.54, 1.807) is 12.1 Å². The van der Waals surface area contributed by atoms with Crippen LogP contribution in [0, 0.1) is 11.3 Å². The Morgan fingerprint density at radius 3 is 1.82 bits per heavy atom. The summed E-state index contributed by atoms with van der Waals surface area (Å²) >= 11 is 0. The fraction of sp³-hybridized carbons (Fsp3) is 0.0556. The molecule has 0 radical (unpaired) electrons. The largest absolute Gasteiger partial charge is 0.358 e. The topological polar surface area (TPSA) is 61.6 Å². The highest BCUT2D eigenvalue weighted by molar-refractivity contribution is 5.44. The fourth-order valence-electron chi connectivity index (χ4n) is 2.27. The zero-order chi connectivity index (χ0) is 15.2. The Morgan fingerprint density at radius 1 is 0.773 bits per heavy atom. The molecule has 0 fully saturated rings. The molecule has 0 unspecified atom stereocenters. The van der Waals surface area contributed by atoms with Crippen LogP contribution in [0.25, 0.3) is 0 Å². The summed E-state index contributed by atoms with van der Waals surface area (Å²) in [7, 11) is 0. The lowest BCUT2D eigenvalue weighted by Crippen LogP contribution is -2.13. The van der Waals surface area contributed by atoms with Crippen LogP contribution in [0.5, 0.6) is 0 Å². The van der Waals surface area contributed by atoms with Crippen LogP contribution in [-0.4, -0.2) is 10.2 Å². The molecular weight excluding hydrogens is 272 g/mol. The molecular formula is C18H14N4. The van der Waals surface area contributed by atoms with Crippen molar-refractivity contribution in [1.29, 1.82) is 5.26 Å². The van der Waals surface area contributed by atoms with Gasteiger partial charge in [-0.15, -0.1) is 10.2 Å². The van der Waals surface area contributed by atoms with Crippen molar-refractivity contribution < 1.29 is 0 Å². The van der Waals surface area contributed by atoms with Gasteiger partial charge in [0.1, 0.15) is 11.9 Å². The number of nitrogens with one attached hydrogen (secondary N) is 1. The van der Waals surface area contributed by atoms with Crippen LogP contribution in [0.1, 0.15) is 22.9 Å². The maximum atomic E-state index is 8.79. The summed E-state index contributed by atoms with van der Waals surface area (Å²) in [5.74, 6) is 0.636. The fourth-order valence-corrected chi connectivity index (χ4v) is 2.27. The third kappa shape index (κ3) is 3.10. The Morgan fingerprint density at radius 2 is 1.36 bits per heavy atom. The van der Waals surface area contributed by atoms with Gasteiger partial charge in [0, 0.05) is 0 Å². The molecule has 0 aliphatic carbocycles. The maximum absolute atomic E-state index is 8.79. The molecule has 1 aromatic heterocycles. The average Bonchev–Trinajstić information content (AvgIpc) is 2.62. The van der Waals surface area contributed by atoms with Crippen molar-refractivity contribution in [1.82, 2.24) is 10.2 Å². The number of nitriles is 1. The van der Waals surface area contributed by atoms with Crippen molar-refractivity contribution in [3.05, 3.63) is 89.6 Å². The molecule has 0 aliphatic rings. The van der Waals surface area contributed by atoms with Gasteiger partial charge in [0.25, 0.3) is 0 Å². The molecule has 0 saturated heterocycles. The Hall–Kier alpha value is -3.19. The number of benzene rings is 2. The van der Waals surface area contributed by atoms with E-state index in [2.05, 4.69) is 39.8 Å². The van der Waals surface area contributed by atoms with Gasteiger partial charge in [-0.1, -0.05) is 60.7 Å². The third-order valence-electron chi connectivity index (χ3n) is 3.34. The molecule has 1 heterocycles. The minimum absolute atomic E-state index is 0.0235. The summed E-state index contributed by atoms with van der Waals surface area (Å²) in [6.07, 6.45) is 0. The second kappa shape index (κ2) is 6.51. The van der Waals surface area contributed by atoms with Crippen molar-refractivity contribution in [3.63, 3.8) is 0 Å². The predicted octanol–water partition coefficient (Wildman–Crippen LogP) is 3.55. The average molecular weight is 286 g/mol. The van der Waals surface area contributed by atoms with Crippen LogP contribution in [0.3, 0.4) is 0 Å². The van der Waals surface area contributed by atoms with E-state index in [-0.39, 0.29) is 6.04 Å². The van der Waals surface area contributed by atoms with Gasteiger partial charge in [0.05, 0.1) is 6.04 Å². The van der Waals surface area contributed by atoms with Gasteiger partial charge in [0.15, 0.2) is 5.69 Å². The zero-order valence-electron chi connectivity index (χ0n) is 11.8. The van der Waals surface area contributed by atoms with Crippen LogP contribution < -0.4 is 5.32 Å². The minimum Gasteiger partial charge on any atom is -0.358 e. The van der Waals surface area contributed by atoms with Crippen LogP contribution in [-0.2, 0) is 0 Å². The first-order valence-corrected chi connectivity index (χ1v) is 6.97. The summed E-state index contributed by atoms with van der Waals surface area (Å²) < 4.78 is 0. The molecule has 3 aromatic rings. The number of hydrogen-bond acceptors (Lipinski definition) is 4. The monoisotopic (exact) mass is 286 g/mol. The highest BCUT2D eigenvalue weighted by atomic mass is 15.2. The standard InChI is InChI=1S/C18H14N4/c19-13-16-11-12-17(22-21-16)20-18(14-7-3-1-4-8-14)15-9-5-2-6-10-15/h1-12,18H,(H,20,22). The number of hydrogen-bond donors (Lipinski definition) is 1. The summed E-state index contributed by atoms with van der Waals surface area (Å²) in [5, 5.41) is 20.1. The van der Waals surface area contributed by atoms with E-state index in [1.165, 1.54) is 0 Å². The molecule has 0 atom stereocenters. The zero-order valence-corrected chi connectivity index (χ0v) is 11.8. The number of rotatable bonds is 4. The molecule has 2 aromatic carbocycles. The SMILES string of the molecule is N#Cc1ccc(NC(c2ccccc2)c2ccccc2)nn1. The molecule has 22 heavy (non-hydrogen) atoms. The Labute approximate surface area is 129 Å². The normalized spacial score (nSPS) is 10.2. The maximum Gasteiger partial charge on any atom is 0.163 e. The summed E-state index contributed by atoms with van der Waals surface area (Å²) in [4.78, 5) is 0. The number of aromatic nitrogens is 2. The van der Waals surface area contributed by atoms with E-state index in [0.717, 1.165) is 11.1 Å². The van der Waals surface area contributed by atoms with E-state index in [1.807, 2.05) is 42.5 Å². The quantitative estimate of drug-likeness (QED) is 0.796. The smallest absolute Gasteiger partial charge is 0.163 e. The Bertz CT molecular complexity index is 722. The Balaban J connectivity index is 1.94. The van der Waals surface area contributed by atoms with Crippen LogP contribution in [0.4, 0.5) is 5.82 Å². The molecule has 0 saturated carbocycles. The lowest BCUT2D eigenvalue weighted by Gasteiger charge is -2.20. The van der Waals surface area contributed by atoms with Gasteiger partial charge in [-0.05, 0) is 23.3 Å². The third-order valence-corrected chi connectivity index (χ3v) is 3.34. The van der Waals surface area contributed by atoms with Gasteiger partial charge in [-0.3, -0.25) is 0 Å². The lowest BCUT2D eigenvalue weighted by atomic mass is 9.99. The molecule has 4 nitrogen and oxygen atoms in total. The van der Waals surface area contributed by atoms with Crippen LogP contribution in [0.2, 0.25) is 0 Å². The van der Waals surface area contributed by atoms with E-state index in [9.17, 15) is 0 Å². The highest BCUT2D eigenvalue weighted by Crippen LogP contribution is 2.25. The van der Waals surface area contributed by atoms with E-state index in [0.29, 0.717) is 11.5 Å². The van der Waals surface area contributed by atoms with Crippen molar-refractivity contribution in [3.8, 4) is 6.07 Å². The van der Waals surface area contributed by atoms with Crippen LogP contribution in [0.15, 0.2) is 72.8 Å². The van der Waals surface area contributed by atoms with Crippen molar-refractivity contribution in [2.24, 2.45) is 0 Å². The van der Waals surface area contributed by atoms with E-state index in [4.69, 9.17) is 5.26 Å². The van der Waals surface area contributed by atoms with Crippen LogP contribution >= 0.6 is 0 Å². The first kappa shape index (κ1) is 13.8. The molecule has 3 rings (SSSR count). The minimum atomic E-state index is -0.0235. The van der Waals surface area contributed by atoms with Gasteiger partial charge in [0.2, 0.25) is 0 Å². The van der Waals surface area contributed by atoms with Gasteiger partial charge >= 0.3 is 0 Å². The first-order chi connectivity index (χ1) is 10.9. The molecule has 0 bridgehead atoms. The molecule has 4 heteroatoms. The number of anilines is 1. The Kier molecular flexibility index (Phi) is 4.08. The first-order valence-electron chi connectivity index (χ1n) is 6.97. The molecule has 0 spiro atoms. The summed E-state index contributed by atoms with van der Waals surface area (Å²) in [6.45, 7) is 0. The van der Waals surface area contributed by atoms with Gasteiger partial charge in [-0.25, -0.2) is 0 Å². The van der Waals surface area contributed by atoms with Crippen molar-refractivity contribution in [2.75, 3.05) is 5.32 Å². The second-order valence-electron chi connectivity index (χ2n) is 4.81. The second-order valence-corrected chi connectivity index (χ2v) is 4.81. The lowest BCUT2D eigenvalue weighted by molar-refractivity contribution is 0.901. The van der Waals surface area contributed by atoms with E-state index >= 15 is 0 Å².